The Morgan fingerprint density at radius 1 is 1.09 bits per heavy atom. The molecule has 0 spiro atoms. The van der Waals surface area contributed by atoms with E-state index in [1.165, 1.54) is 4.90 Å². The van der Waals surface area contributed by atoms with E-state index in [0.29, 0.717) is 33.5 Å². The third-order valence-corrected chi connectivity index (χ3v) is 6.08. The molecule has 7 heteroatoms. The molecule has 1 amide bonds. The number of benzene rings is 2. The van der Waals surface area contributed by atoms with Gasteiger partial charge in [-0.3, -0.25) is 14.5 Å². The van der Waals surface area contributed by atoms with Gasteiger partial charge in [0, 0.05) is 21.8 Å². The first kappa shape index (κ1) is 23.6. The number of hydrogen-bond acceptors (Lipinski definition) is 5. The molecule has 1 aliphatic heterocycles. The van der Waals surface area contributed by atoms with Crippen molar-refractivity contribution in [2.45, 2.75) is 39.2 Å². The summed E-state index contributed by atoms with van der Waals surface area (Å²) in [7, 11) is 1.58. The number of amides is 1. The number of hydrogen-bond donors (Lipinski definition) is 1. The predicted molar refractivity (Wildman–Crippen MR) is 131 cm³/mol. The Kier molecular flexibility index (Phi) is 6.04. The summed E-state index contributed by atoms with van der Waals surface area (Å²) in [5, 5.41) is 11.8. The van der Waals surface area contributed by atoms with Crippen molar-refractivity contribution in [1.82, 2.24) is 0 Å². The molecule has 1 aliphatic rings. The van der Waals surface area contributed by atoms with E-state index < -0.39 is 17.7 Å². The van der Waals surface area contributed by atoms with Crippen molar-refractivity contribution >= 4 is 34.7 Å². The lowest BCUT2D eigenvalue weighted by atomic mass is 9.84. The van der Waals surface area contributed by atoms with Crippen LogP contribution in [-0.4, -0.2) is 23.9 Å². The van der Waals surface area contributed by atoms with Crippen LogP contribution in [0.15, 0.2) is 64.6 Å². The number of anilines is 1. The Balaban J connectivity index is 1.95. The Morgan fingerprint density at radius 2 is 1.82 bits per heavy atom. The lowest BCUT2D eigenvalue weighted by Crippen LogP contribution is -2.29. The summed E-state index contributed by atoms with van der Waals surface area (Å²) in [6, 6.07) is 14.3. The number of halogens is 1. The van der Waals surface area contributed by atoms with E-state index >= 15 is 0 Å². The summed E-state index contributed by atoms with van der Waals surface area (Å²) < 4.78 is 11.3. The second-order valence-electron chi connectivity index (χ2n) is 9.26. The van der Waals surface area contributed by atoms with Crippen LogP contribution in [0.4, 0.5) is 5.69 Å². The van der Waals surface area contributed by atoms with Crippen LogP contribution in [0.1, 0.15) is 49.5 Å². The van der Waals surface area contributed by atoms with E-state index in [1.54, 1.807) is 68.6 Å². The molecule has 1 atom stereocenters. The smallest absolute Gasteiger partial charge is 0.300 e. The van der Waals surface area contributed by atoms with Gasteiger partial charge < -0.3 is 14.3 Å². The molecule has 0 radical (unpaired) electrons. The van der Waals surface area contributed by atoms with Crippen molar-refractivity contribution in [3.8, 4) is 5.75 Å². The molecule has 0 saturated carbocycles. The summed E-state index contributed by atoms with van der Waals surface area (Å²) >= 11 is 6.17. The molecule has 0 aliphatic carbocycles. The average Bonchev–Trinajstić information content (AvgIpc) is 3.33. The maximum absolute atomic E-state index is 13.3. The summed E-state index contributed by atoms with van der Waals surface area (Å²) in [4.78, 5) is 27.8. The summed E-state index contributed by atoms with van der Waals surface area (Å²) in [5.41, 5.74) is 1.35. The van der Waals surface area contributed by atoms with Crippen LogP contribution in [-0.2, 0) is 15.0 Å². The molecule has 1 N–H and O–H groups in total. The highest BCUT2D eigenvalue weighted by molar-refractivity contribution is 6.51. The topological polar surface area (TPSA) is 80.0 Å². The Morgan fingerprint density at radius 3 is 2.41 bits per heavy atom. The van der Waals surface area contributed by atoms with Crippen molar-refractivity contribution < 1.29 is 23.8 Å². The largest absolute Gasteiger partial charge is 0.507 e. The Labute approximate surface area is 203 Å². The summed E-state index contributed by atoms with van der Waals surface area (Å²) in [5.74, 6) is -0.206. The van der Waals surface area contributed by atoms with Crippen molar-refractivity contribution in [2.24, 2.45) is 0 Å². The highest BCUT2D eigenvalue weighted by Crippen LogP contribution is 2.44. The molecular weight excluding hydrogens is 454 g/mol. The third-order valence-electron chi connectivity index (χ3n) is 5.84. The fraction of sp³-hybridized carbons (Fsp3) is 0.259. The molecule has 6 nitrogen and oxygen atoms in total. The molecule has 4 rings (SSSR count). The lowest BCUT2D eigenvalue weighted by Gasteiger charge is -2.24. The third kappa shape index (κ3) is 4.10. The van der Waals surface area contributed by atoms with E-state index in [4.69, 9.17) is 20.8 Å². The van der Waals surface area contributed by atoms with Gasteiger partial charge in [0.1, 0.15) is 29.1 Å². The van der Waals surface area contributed by atoms with Crippen LogP contribution in [0, 0.1) is 6.92 Å². The number of methoxy groups -OCH3 is 1. The minimum absolute atomic E-state index is 0.0515. The van der Waals surface area contributed by atoms with Gasteiger partial charge in [-0.1, -0.05) is 38.4 Å². The number of ether oxygens (including phenoxy) is 1. The number of Topliss-reactive ketones (excluding diaryl/α,β-unsaturated/α-hetero) is 1. The number of aryl methyl sites for hydroxylation is 1. The summed E-state index contributed by atoms with van der Waals surface area (Å²) in [6.45, 7) is 7.85. The Bertz CT molecular complexity index is 1310. The first-order valence-corrected chi connectivity index (χ1v) is 11.2. The van der Waals surface area contributed by atoms with Crippen LogP contribution in [0.5, 0.6) is 5.75 Å². The van der Waals surface area contributed by atoms with Crippen LogP contribution in [0.2, 0.25) is 5.02 Å². The van der Waals surface area contributed by atoms with Crippen molar-refractivity contribution in [2.75, 3.05) is 12.0 Å². The van der Waals surface area contributed by atoms with Gasteiger partial charge in [0.05, 0.1) is 12.7 Å². The highest BCUT2D eigenvalue weighted by atomic mass is 35.5. The van der Waals surface area contributed by atoms with E-state index in [0.717, 1.165) is 5.56 Å². The molecule has 2 aromatic carbocycles. The second kappa shape index (κ2) is 8.69. The minimum Gasteiger partial charge on any atom is -0.507 e. The van der Waals surface area contributed by atoms with Crippen LogP contribution in [0.3, 0.4) is 0 Å². The van der Waals surface area contributed by atoms with Crippen molar-refractivity contribution in [3.05, 3.63) is 87.8 Å². The van der Waals surface area contributed by atoms with E-state index in [2.05, 4.69) is 0 Å². The predicted octanol–water partition coefficient (Wildman–Crippen LogP) is 6.17. The molecule has 1 fully saturated rings. The number of carbonyl (C=O) groups excluding carboxylic acids is 2. The molecule has 1 unspecified atom stereocenters. The molecule has 1 saturated heterocycles. The van der Waals surface area contributed by atoms with E-state index in [-0.39, 0.29) is 16.7 Å². The molecule has 176 valence electrons. The molecular formula is C27H26ClNO5. The maximum atomic E-state index is 13.3. The first-order chi connectivity index (χ1) is 16.0. The van der Waals surface area contributed by atoms with Crippen molar-refractivity contribution in [3.63, 3.8) is 0 Å². The van der Waals surface area contributed by atoms with Crippen LogP contribution in [0.25, 0.3) is 5.76 Å². The van der Waals surface area contributed by atoms with Crippen LogP contribution < -0.4 is 9.64 Å². The number of furan rings is 1. The number of aliphatic hydroxyl groups is 1. The zero-order chi connectivity index (χ0) is 24.8. The number of rotatable bonds is 4. The van der Waals surface area contributed by atoms with Gasteiger partial charge in [-0.2, -0.15) is 0 Å². The quantitative estimate of drug-likeness (QED) is 0.275. The normalized spacial score (nSPS) is 17.9. The monoisotopic (exact) mass is 479 g/mol. The SMILES string of the molecule is COc1ccc(/C(O)=C2/C(=O)C(=O)N(c3cccc(Cl)c3)C2c2ccc(C)o2)cc1C(C)(C)C. The first-order valence-electron chi connectivity index (χ1n) is 10.8. The fourth-order valence-electron chi connectivity index (χ4n) is 4.19. The number of ketones is 1. The fourth-order valence-corrected chi connectivity index (χ4v) is 4.38. The van der Waals surface area contributed by atoms with Gasteiger partial charge in [-0.25, -0.2) is 0 Å². The van der Waals surface area contributed by atoms with Gasteiger partial charge >= 0.3 is 0 Å². The van der Waals surface area contributed by atoms with Crippen LogP contribution >= 0.6 is 11.6 Å². The molecule has 2 heterocycles. The van der Waals surface area contributed by atoms with E-state index in [1.807, 2.05) is 20.8 Å². The molecule has 3 aromatic rings. The second-order valence-corrected chi connectivity index (χ2v) is 9.70. The number of carbonyl (C=O) groups is 2. The van der Waals surface area contributed by atoms with Gasteiger partial charge in [0.25, 0.3) is 11.7 Å². The van der Waals surface area contributed by atoms with Gasteiger partial charge in [0.2, 0.25) is 0 Å². The van der Waals surface area contributed by atoms with Crippen molar-refractivity contribution in [1.29, 1.82) is 0 Å². The molecule has 1 aromatic heterocycles. The average molecular weight is 480 g/mol. The zero-order valence-electron chi connectivity index (χ0n) is 19.7. The molecule has 0 bridgehead atoms. The maximum Gasteiger partial charge on any atom is 0.300 e. The van der Waals surface area contributed by atoms with Gasteiger partial charge in [-0.15, -0.1) is 0 Å². The number of nitrogens with zero attached hydrogens (tertiary/aromatic N) is 1. The van der Waals surface area contributed by atoms with E-state index in [9.17, 15) is 14.7 Å². The molecule has 34 heavy (non-hydrogen) atoms. The lowest BCUT2D eigenvalue weighted by molar-refractivity contribution is -0.132. The number of aliphatic hydroxyl groups excluding tert-OH is 1. The highest BCUT2D eigenvalue weighted by Gasteiger charge is 2.48. The Hall–Kier alpha value is -3.51. The standard InChI is InChI=1S/C27H26ClNO5/c1-15-9-11-21(34-15)23-22(25(31)26(32)29(23)18-8-6-7-17(28)14-18)24(30)16-10-12-20(33-5)19(13-16)27(2,3)4/h6-14,23,30H,1-5H3/b24-22-. The minimum atomic E-state index is -0.952. The summed E-state index contributed by atoms with van der Waals surface area (Å²) in [6.07, 6.45) is 0. The zero-order valence-corrected chi connectivity index (χ0v) is 20.4. The van der Waals surface area contributed by atoms with Gasteiger partial charge in [0.15, 0.2) is 0 Å². The van der Waals surface area contributed by atoms with Gasteiger partial charge in [-0.05, 0) is 60.9 Å².